The van der Waals surface area contributed by atoms with E-state index in [1.165, 1.54) is 24.7 Å². The first kappa shape index (κ1) is 31.8. The summed E-state index contributed by atoms with van der Waals surface area (Å²) < 4.78 is 17.2. The van der Waals surface area contributed by atoms with Crippen molar-refractivity contribution in [1.82, 2.24) is 5.43 Å². The zero-order chi connectivity index (χ0) is 30.2. The number of ether oxygens (including phenoxy) is 3. The predicted molar refractivity (Wildman–Crippen MR) is 167 cm³/mol. The molecular weight excluding hydrogens is 669 g/mol. The van der Waals surface area contributed by atoms with Gasteiger partial charge in [-0.2, -0.15) is 5.10 Å². The van der Waals surface area contributed by atoms with Gasteiger partial charge in [-0.3, -0.25) is 9.59 Å². The van der Waals surface area contributed by atoms with Gasteiger partial charge in [0.1, 0.15) is 11.6 Å². The Morgan fingerprint density at radius 3 is 2.55 bits per heavy atom. The number of methoxy groups -OCH3 is 1. The molecule has 1 aliphatic rings. The van der Waals surface area contributed by atoms with Crippen molar-refractivity contribution in [2.24, 2.45) is 5.10 Å². The monoisotopic (exact) mass is 695 g/mol. The summed E-state index contributed by atoms with van der Waals surface area (Å²) in [6, 6.07) is 8.54. The first-order valence-corrected chi connectivity index (χ1v) is 15.5. The Morgan fingerprint density at radius 2 is 1.83 bits per heavy atom. The van der Waals surface area contributed by atoms with E-state index in [4.69, 9.17) is 37.4 Å². The lowest BCUT2D eigenvalue weighted by Crippen LogP contribution is -2.32. The minimum Gasteiger partial charge on any atom is -0.493 e. The lowest BCUT2D eigenvalue weighted by Gasteiger charge is -2.14. The van der Waals surface area contributed by atoms with Gasteiger partial charge in [-0.1, -0.05) is 35.7 Å². The maximum atomic E-state index is 12.7. The quantitative estimate of drug-likeness (QED) is 0.0824. The number of anilines is 1. The van der Waals surface area contributed by atoms with Crippen molar-refractivity contribution >= 4 is 79.5 Å². The molecule has 0 saturated heterocycles. The maximum absolute atomic E-state index is 12.7. The Balaban J connectivity index is 1.42. The second-order valence-electron chi connectivity index (χ2n) is 9.17. The molecule has 0 spiro atoms. The fourth-order valence-corrected chi connectivity index (χ4v) is 6.75. The van der Waals surface area contributed by atoms with E-state index in [2.05, 4.69) is 31.8 Å². The molecule has 0 unspecified atom stereocenters. The zero-order valence-corrected chi connectivity index (χ0v) is 26.8. The number of benzene rings is 2. The second kappa shape index (κ2) is 14.9. The van der Waals surface area contributed by atoms with Gasteiger partial charge in [0.15, 0.2) is 11.5 Å². The molecule has 222 valence electrons. The Morgan fingerprint density at radius 1 is 1.10 bits per heavy atom. The summed E-state index contributed by atoms with van der Waals surface area (Å²) in [5, 5.41) is 7.75. The van der Waals surface area contributed by atoms with E-state index in [0.29, 0.717) is 47.7 Å². The molecule has 2 N–H and O–H groups in total. The number of amides is 2. The first-order chi connectivity index (χ1) is 20.2. The van der Waals surface area contributed by atoms with Crippen molar-refractivity contribution in [3.8, 4) is 11.5 Å². The van der Waals surface area contributed by atoms with Gasteiger partial charge >= 0.3 is 17.8 Å². The van der Waals surface area contributed by atoms with Gasteiger partial charge in [0.05, 0.1) is 30.0 Å². The summed E-state index contributed by atoms with van der Waals surface area (Å²) in [7, 11) is 1.48. The molecule has 0 atom stereocenters. The van der Waals surface area contributed by atoms with Gasteiger partial charge in [0.25, 0.3) is 0 Å². The molecular formula is C29H28BrCl2N3O6S. The number of halogens is 3. The number of carbonyl (C=O) groups excluding carboxylic acids is 3. The van der Waals surface area contributed by atoms with Crippen LogP contribution in [0.25, 0.3) is 0 Å². The average molecular weight is 697 g/mol. The Bertz CT molecular complexity index is 1510. The molecule has 4 rings (SSSR count). The number of carbonyl (C=O) groups is 3. The minimum absolute atomic E-state index is 0.108. The topological polar surface area (TPSA) is 115 Å². The van der Waals surface area contributed by atoms with E-state index in [1.807, 2.05) is 0 Å². The highest BCUT2D eigenvalue weighted by atomic mass is 79.9. The molecule has 1 aliphatic carbocycles. The summed E-state index contributed by atoms with van der Waals surface area (Å²) >= 11 is 17.3. The van der Waals surface area contributed by atoms with Gasteiger partial charge in [-0.25, -0.2) is 10.2 Å². The van der Waals surface area contributed by atoms with E-state index in [0.717, 1.165) is 42.5 Å². The molecule has 0 saturated carbocycles. The number of nitrogens with zero attached hydrogens (tertiary/aromatic N) is 1. The molecule has 0 fully saturated rings. The third-order valence-electron chi connectivity index (χ3n) is 6.39. The molecule has 2 aromatic carbocycles. The Kier molecular flexibility index (Phi) is 11.3. The summed E-state index contributed by atoms with van der Waals surface area (Å²) in [6.07, 6.45) is 5.91. The Hall–Kier alpha value is -3.12. The van der Waals surface area contributed by atoms with Crippen LogP contribution in [-0.4, -0.2) is 37.7 Å². The van der Waals surface area contributed by atoms with Crippen molar-refractivity contribution in [1.29, 1.82) is 0 Å². The van der Waals surface area contributed by atoms with Gasteiger partial charge < -0.3 is 19.5 Å². The highest BCUT2D eigenvalue weighted by Gasteiger charge is 2.28. The van der Waals surface area contributed by atoms with Crippen molar-refractivity contribution in [3.63, 3.8) is 0 Å². The van der Waals surface area contributed by atoms with Crippen molar-refractivity contribution in [2.45, 2.75) is 45.6 Å². The number of hydrazone groups is 1. The number of rotatable bonds is 9. The van der Waals surface area contributed by atoms with Crippen LogP contribution in [0, 0.1) is 0 Å². The van der Waals surface area contributed by atoms with Crippen LogP contribution in [0.3, 0.4) is 0 Å². The number of esters is 1. The molecule has 0 bridgehead atoms. The number of thiophene rings is 1. The molecule has 42 heavy (non-hydrogen) atoms. The van der Waals surface area contributed by atoms with Crippen LogP contribution >= 0.6 is 50.5 Å². The summed E-state index contributed by atoms with van der Waals surface area (Å²) in [5.41, 5.74) is 4.63. The SMILES string of the molecule is CCOC(=O)c1c(NC(=O)C(=O)N/N=C/c2cc(Br)c(OCc3c(Cl)cccc3Cl)c(OC)c2)sc2c1CCCCC2. The molecule has 0 aliphatic heterocycles. The van der Waals surface area contributed by atoms with Gasteiger partial charge in [0.2, 0.25) is 0 Å². The highest BCUT2D eigenvalue weighted by molar-refractivity contribution is 9.10. The number of fused-ring (bicyclic) bond motifs is 1. The number of aryl methyl sites for hydroxylation is 1. The van der Waals surface area contributed by atoms with Crippen molar-refractivity contribution < 1.29 is 28.6 Å². The molecule has 3 aromatic rings. The number of hydrogen-bond acceptors (Lipinski definition) is 8. The van der Waals surface area contributed by atoms with Gasteiger partial charge in [0, 0.05) is 20.5 Å². The Labute approximate surface area is 265 Å². The average Bonchev–Trinajstić information content (AvgIpc) is 3.13. The summed E-state index contributed by atoms with van der Waals surface area (Å²) in [6.45, 7) is 2.03. The lowest BCUT2D eigenvalue weighted by molar-refractivity contribution is -0.136. The van der Waals surface area contributed by atoms with E-state index in [1.54, 1.807) is 37.3 Å². The molecule has 2 amide bonds. The smallest absolute Gasteiger partial charge is 0.341 e. The van der Waals surface area contributed by atoms with Crippen LogP contribution in [0.15, 0.2) is 39.9 Å². The van der Waals surface area contributed by atoms with E-state index >= 15 is 0 Å². The van der Waals surface area contributed by atoms with Crippen molar-refractivity contribution in [3.05, 3.63) is 72.0 Å². The van der Waals surface area contributed by atoms with Gasteiger partial charge in [-0.05, 0) is 83.9 Å². The summed E-state index contributed by atoms with van der Waals surface area (Å²) in [5.74, 6) is -1.64. The first-order valence-electron chi connectivity index (χ1n) is 13.1. The van der Waals surface area contributed by atoms with E-state index < -0.39 is 17.8 Å². The van der Waals surface area contributed by atoms with Crippen molar-refractivity contribution in [2.75, 3.05) is 19.0 Å². The van der Waals surface area contributed by atoms with Crippen LogP contribution < -0.4 is 20.2 Å². The molecule has 0 radical (unpaired) electrons. The van der Waals surface area contributed by atoms with Crippen LogP contribution in [0.4, 0.5) is 5.00 Å². The van der Waals surface area contributed by atoms with Crippen LogP contribution in [-0.2, 0) is 33.8 Å². The second-order valence-corrected chi connectivity index (χ2v) is 11.9. The number of nitrogens with one attached hydrogen (secondary N) is 2. The highest BCUT2D eigenvalue weighted by Crippen LogP contribution is 2.39. The summed E-state index contributed by atoms with van der Waals surface area (Å²) in [4.78, 5) is 39.0. The van der Waals surface area contributed by atoms with E-state index in [-0.39, 0.29) is 13.2 Å². The zero-order valence-electron chi connectivity index (χ0n) is 22.9. The van der Waals surface area contributed by atoms with Crippen LogP contribution in [0.2, 0.25) is 10.0 Å². The fraction of sp³-hybridized carbons (Fsp3) is 0.310. The van der Waals surface area contributed by atoms with E-state index in [9.17, 15) is 14.4 Å². The third kappa shape index (κ3) is 7.63. The number of hydrogen-bond donors (Lipinski definition) is 2. The van der Waals surface area contributed by atoms with Gasteiger partial charge in [-0.15, -0.1) is 11.3 Å². The standard InChI is InChI=1S/C29H28BrCl2N3O6S/c1-3-40-29(38)24-17-8-5-4-6-11-23(17)42-28(24)34-26(36)27(37)35-33-14-16-12-19(30)25(22(13-16)39-2)41-15-18-20(31)9-7-10-21(18)32/h7,9-10,12-14H,3-6,8,11,15H2,1-2H3,(H,34,36)(H,35,37)/b33-14+. The predicted octanol–water partition coefficient (Wildman–Crippen LogP) is 6.94. The molecule has 1 heterocycles. The minimum atomic E-state index is -0.993. The van der Waals surface area contributed by atoms with Crippen LogP contribution in [0.5, 0.6) is 11.5 Å². The lowest BCUT2D eigenvalue weighted by atomic mass is 10.1. The maximum Gasteiger partial charge on any atom is 0.341 e. The molecule has 13 heteroatoms. The third-order valence-corrected chi connectivity index (χ3v) is 8.89. The molecule has 1 aromatic heterocycles. The fourth-order valence-electron chi connectivity index (χ4n) is 4.39. The molecule has 9 nitrogen and oxygen atoms in total. The largest absolute Gasteiger partial charge is 0.493 e. The normalized spacial score (nSPS) is 12.8. The van der Waals surface area contributed by atoms with Crippen LogP contribution in [0.1, 0.15) is 58.1 Å².